The largest absolute Gasteiger partial charge is 0.271 e. The Morgan fingerprint density at radius 2 is 2.15 bits per heavy atom. The molecule has 6 nitrogen and oxygen atoms in total. The highest BCUT2D eigenvalue weighted by Crippen LogP contribution is 2.34. The zero-order chi connectivity index (χ0) is 15.3. The molecule has 0 fully saturated rings. The van der Waals surface area contributed by atoms with E-state index in [-0.39, 0.29) is 11.1 Å². The summed E-state index contributed by atoms with van der Waals surface area (Å²) in [4.78, 5) is 14.7. The molecule has 7 heteroatoms. The molecule has 0 atom stereocenters. The summed E-state index contributed by atoms with van der Waals surface area (Å²) in [5.41, 5.74) is 1.16. The monoisotopic (exact) mass is 292 g/mol. The Labute approximate surface area is 122 Å². The Morgan fingerprint density at radius 3 is 2.60 bits per heavy atom. The van der Waals surface area contributed by atoms with Crippen molar-refractivity contribution in [2.24, 2.45) is 4.99 Å². The number of rotatable bonds is 2. The number of aliphatic imine (C=N–C) groups is 1. The summed E-state index contributed by atoms with van der Waals surface area (Å²) in [5.74, 6) is 0. The molecule has 0 heterocycles. The normalized spacial score (nSPS) is 11.8. The van der Waals surface area contributed by atoms with Crippen molar-refractivity contribution in [3.05, 3.63) is 33.9 Å². The topological polar surface area (TPSA) is 91.3 Å². The fourth-order valence-corrected chi connectivity index (χ4v) is 1.98. The molecule has 1 N–H and O–H groups in total. The van der Waals surface area contributed by atoms with Crippen LogP contribution in [0.15, 0.2) is 23.2 Å². The fourth-order valence-electron chi connectivity index (χ4n) is 1.64. The molecule has 1 aromatic rings. The number of nitrogens with zero attached hydrogens (tertiary/aromatic N) is 3. The van der Waals surface area contributed by atoms with Crippen LogP contribution in [-0.4, -0.2) is 16.3 Å². The van der Waals surface area contributed by atoms with E-state index in [4.69, 9.17) is 5.26 Å². The Morgan fingerprint density at radius 1 is 1.50 bits per heavy atom. The third-order valence-electron chi connectivity index (χ3n) is 2.58. The average Bonchev–Trinajstić information content (AvgIpc) is 2.36. The van der Waals surface area contributed by atoms with Crippen LogP contribution in [0.4, 0.5) is 11.4 Å². The fraction of sp³-hybridized carbons (Fsp3) is 0.385. The van der Waals surface area contributed by atoms with Crippen molar-refractivity contribution >= 4 is 28.3 Å². The first-order chi connectivity index (χ1) is 9.29. The van der Waals surface area contributed by atoms with E-state index in [1.807, 2.05) is 20.8 Å². The second-order valence-corrected chi connectivity index (χ2v) is 5.86. The number of nitro groups is 1. The van der Waals surface area contributed by atoms with E-state index in [9.17, 15) is 10.1 Å². The highest BCUT2D eigenvalue weighted by atomic mass is 32.2. The van der Waals surface area contributed by atoms with E-state index in [1.54, 1.807) is 18.5 Å². The number of amidine groups is 1. The summed E-state index contributed by atoms with van der Waals surface area (Å²) in [6, 6.07) is 4.60. The first-order valence-electron chi connectivity index (χ1n) is 5.86. The number of hydrogen-bond donors (Lipinski definition) is 1. The Balaban J connectivity index is 3.43. The van der Waals surface area contributed by atoms with Crippen LogP contribution in [-0.2, 0) is 5.41 Å². The maximum absolute atomic E-state index is 10.9. The molecule has 0 aliphatic rings. The van der Waals surface area contributed by atoms with Gasteiger partial charge >= 0.3 is 0 Å². The molecule has 0 aliphatic heterocycles. The molecule has 0 amide bonds. The minimum Gasteiger partial charge on any atom is -0.271 e. The Kier molecular flexibility index (Phi) is 5.11. The zero-order valence-corrected chi connectivity index (χ0v) is 12.6. The minimum atomic E-state index is -0.456. The summed E-state index contributed by atoms with van der Waals surface area (Å²) in [6.45, 7) is 6.01. The van der Waals surface area contributed by atoms with Gasteiger partial charge in [0.05, 0.1) is 10.6 Å². The van der Waals surface area contributed by atoms with Crippen molar-refractivity contribution in [1.82, 2.24) is 5.32 Å². The van der Waals surface area contributed by atoms with Crippen LogP contribution in [0, 0.1) is 21.6 Å². The van der Waals surface area contributed by atoms with Crippen molar-refractivity contribution in [3.8, 4) is 6.19 Å². The third kappa shape index (κ3) is 3.96. The van der Waals surface area contributed by atoms with Crippen molar-refractivity contribution in [3.63, 3.8) is 0 Å². The molecule has 0 bridgehead atoms. The summed E-state index contributed by atoms with van der Waals surface area (Å²) >= 11 is 1.27. The van der Waals surface area contributed by atoms with E-state index in [2.05, 4.69) is 10.3 Å². The lowest BCUT2D eigenvalue weighted by Crippen LogP contribution is -2.15. The predicted molar refractivity (Wildman–Crippen MR) is 81.2 cm³/mol. The molecule has 0 spiro atoms. The number of nitrogens with one attached hydrogen (secondary N) is 1. The molecule has 0 unspecified atom stereocenters. The highest BCUT2D eigenvalue weighted by Gasteiger charge is 2.21. The molecule has 20 heavy (non-hydrogen) atoms. The highest BCUT2D eigenvalue weighted by molar-refractivity contribution is 8.13. The number of hydrogen-bond acceptors (Lipinski definition) is 5. The van der Waals surface area contributed by atoms with E-state index in [0.717, 1.165) is 5.56 Å². The minimum absolute atomic E-state index is 0.0193. The molecule has 0 aliphatic carbocycles. The molecule has 0 aromatic heterocycles. The first kappa shape index (κ1) is 16.0. The van der Waals surface area contributed by atoms with Crippen LogP contribution in [0.1, 0.15) is 26.3 Å². The van der Waals surface area contributed by atoms with Gasteiger partial charge in [-0.3, -0.25) is 15.4 Å². The molecule has 0 saturated heterocycles. The number of non-ortho nitro benzene ring substituents is 1. The van der Waals surface area contributed by atoms with E-state index in [0.29, 0.717) is 10.9 Å². The number of benzene rings is 1. The number of thioether (sulfide) groups is 1. The van der Waals surface area contributed by atoms with Gasteiger partial charge in [0.1, 0.15) is 0 Å². The second-order valence-electron chi connectivity index (χ2n) is 5.07. The summed E-state index contributed by atoms with van der Waals surface area (Å²) in [7, 11) is 0. The van der Waals surface area contributed by atoms with Gasteiger partial charge in [0.2, 0.25) is 0 Å². The molecular weight excluding hydrogens is 276 g/mol. The zero-order valence-electron chi connectivity index (χ0n) is 11.8. The van der Waals surface area contributed by atoms with Gasteiger partial charge in [-0.2, -0.15) is 5.26 Å². The maximum Gasteiger partial charge on any atom is 0.271 e. The Bertz CT molecular complexity index is 585. The van der Waals surface area contributed by atoms with Gasteiger partial charge < -0.3 is 0 Å². The van der Waals surface area contributed by atoms with Crippen LogP contribution in [0.3, 0.4) is 0 Å². The van der Waals surface area contributed by atoms with E-state index >= 15 is 0 Å². The van der Waals surface area contributed by atoms with Crippen molar-refractivity contribution in [2.45, 2.75) is 26.2 Å². The quantitative estimate of drug-likeness (QED) is 0.225. The van der Waals surface area contributed by atoms with E-state index < -0.39 is 4.92 Å². The molecular formula is C13H16N4O2S. The smallest absolute Gasteiger partial charge is 0.271 e. The Hall–Kier alpha value is -2.07. The number of nitriles is 1. The summed E-state index contributed by atoms with van der Waals surface area (Å²) < 4.78 is 0. The van der Waals surface area contributed by atoms with Crippen molar-refractivity contribution < 1.29 is 4.92 Å². The summed E-state index contributed by atoms with van der Waals surface area (Å²) in [6.07, 6.45) is 3.57. The average molecular weight is 292 g/mol. The van der Waals surface area contributed by atoms with Crippen LogP contribution < -0.4 is 5.32 Å². The third-order valence-corrected chi connectivity index (χ3v) is 3.16. The van der Waals surface area contributed by atoms with Crippen LogP contribution in [0.2, 0.25) is 0 Å². The van der Waals surface area contributed by atoms with Crippen molar-refractivity contribution in [1.29, 1.82) is 5.26 Å². The van der Waals surface area contributed by atoms with Gasteiger partial charge in [-0.25, -0.2) is 4.99 Å². The predicted octanol–water partition coefficient (Wildman–Crippen LogP) is 3.31. The molecule has 1 aromatic carbocycles. The van der Waals surface area contributed by atoms with Gasteiger partial charge in [0.15, 0.2) is 11.4 Å². The lowest BCUT2D eigenvalue weighted by atomic mass is 9.85. The first-order valence-corrected chi connectivity index (χ1v) is 7.08. The SMILES string of the molecule is CSC(=Nc1cc([N+](=O)[O-])ccc1C(C)(C)C)NC#N. The number of nitro benzene ring substituents is 1. The van der Waals surface area contributed by atoms with Crippen molar-refractivity contribution in [2.75, 3.05) is 6.26 Å². The molecule has 1 rings (SSSR count). The van der Waals surface area contributed by atoms with Gasteiger partial charge in [0, 0.05) is 12.1 Å². The van der Waals surface area contributed by atoms with Gasteiger partial charge in [-0.15, -0.1) is 0 Å². The van der Waals surface area contributed by atoms with Crippen LogP contribution in [0.25, 0.3) is 0 Å². The van der Waals surface area contributed by atoms with Gasteiger partial charge in [0.25, 0.3) is 5.69 Å². The lowest BCUT2D eigenvalue weighted by molar-refractivity contribution is -0.384. The van der Waals surface area contributed by atoms with Crippen LogP contribution in [0.5, 0.6) is 0 Å². The lowest BCUT2D eigenvalue weighted by Gasteiger charge is -2.21. The van der Waals surface area contributed by atoms with E-state index in [1.165, 1.54) is 23.9 Å². The standard InChI is InChI=1S/C13H16N4O2S/c1-13(2,3)10-6-5-9(17(18)19)7-11(10)16-12(20-4)15-8-14/h5-7H,1-4H3,(H,15,16). The molecule has 106 valence electrons. The maximum atomic E-state index is 10.9. The molecule has 0 saturated carbocycles. The molecule has 0 radical (unpaired) electrons. The van der Waals surface area contributed by atoms with Gasteiger partial charge in [-0.1, -0.05) is 32.5 Å². The van der Waals surface area contributed by atoms with Crippen LogP contribution >= 0.6 is 11.8 Å². The summed E-state index contributed by atoms with van der Waals surface area (Å²) in [5, 5.41) is 22.4. The van der Waals surface area contributed by atoms with Gasteiger partial charge in [-0.05, 0) is 23.3 Å². The second kappa shape index (κ2) is 6.39.